The third-order valence-corrected chi connectivity index (χ3v) is 3.59. The highest BCUT2D eigenvalue weighted by molar-refractivity contribution is 5.77. The van der Waals surface area contributed by atoms with Crippen molar-refractivity contribution in [1.29, 1.82) is 0 Å². The number of allylic oxidation sites excluding steroid dienone is 1. The van der Waals surface area contributed by atoms with Gasteiger partial charge in [0.25, 0.3) is 0 Å². The molecule has 0 bridgehead atoms. The average Bonchev–Trinajstić information content (AvgIpc) is 2.61. The van der Waals surface area contributed by atoms with E-state index in [2.05, 4.69) is 0 Å². The first kappa shape index (κ1) is 7.56. The summed E-state index contributed by atoms with van der Waals surface area (Å²) < 4.78 is 5.23. The highest BCUT2D eigenvalue weighted by atomic mass is 16.6. The number of aliphatic hydroxyl groups is 1. The molecule has 70 valence electrons. The fourth-order valence-electron chi connectivity index (χ4n) is 3.01. The van der Waals surface area contributed by atoms with Crippen LogP contribution >= 0.6 is 0 Å². The maximum atomic E-state index is 11.4. The Hall–Kier alpha value is -0.830. The minimum absolute atomic E-state index is 0.0853. The molecule has 1 saturated heterocycles. The molecule has 3 heteroatoms. The third-order valence-electron chi connectivity index (χ3n) is 3.59. The molecule has 0 aromatic heterocycles. The Morgan fingerprint density at radius 3 is 3.08 bits per heavy atom. The predicted octanol–water partition coefficient (Wildman–Crippen LogP) is 0.485. The lowest BCUT2D eigenvalue weighted by Gasteiger charge is -2.26. The van der Waals surface area contributed by atoms with Crippen LogP contribution in [0.15, 0.2) is 12.2 Å². The van der Waals surface area contributed by atoms with Crippen molar-refractivity contribution in [2.45, 2.75) is 25.0 Å². The summed E-state index contributed by atoms with van der Waals surface area (Å²) in [5.41, 5.74) is 0. The number of aliphatic hydroxyl groups excluding tert-OH is 1. The largest absolute Gasteiger partial charge is 0.462 e. The summed E-state index contributed by atoms with van der Waals surface area (Å²) in [6, 6.07) is 0. The lowest BCUT2D eigenvalue weighted by molar-refractivity contribution is -0.146. The van der Waals surface area contributed by atoms with E-state index in [-0.39, 0.29) is 23.9 Å². The maximum absolute atomic E-state index is 11.4. The van der Waals surface area contributed by atoms with Crippen molar-refractivity contribution in [1.82, 2.24) is 0 Å². The molecule has 5 atom stereocenters. The van der Waals surface area contributed by atoms with E-state index < -0.39 is 6.10 Å². The molecule has 2 aliphatic carbocycles. The summed E-state index contributed by atoms with van der Waals surface area (Å²) in [5, 5.41) is 9.63. The van der Waals surface area contributed by atoms with Gasteiger partial charge in [0.1, 0.15) is 6.10 Å². The van der Waals surface area contributed by atoms with Crippen LogP contribution in [0.3, 0.4) is 0 Å². The van der Waals surface area contributed by atoms with Gasteiger partial charge in [-0.05, 0) is 18.8 Å². The number of hydrogen-bond acceptors (Lipinski definition) is 3. The monoisotopic (exact) mass is 180 g/mol. The van der Waals surface area contributed by atoms with E-state index in [1.165, 1.54) is 0 Å². The fourth-order valence-corrected chi connectivity index (χ4v) is 3.01. The van der Waals surface area contributed by atoms with E-state index in [0.717, 1.165) is 12.8 Å². The Morgan fingerprint density at radius 1 is 1.38 bits per heavy atom. The maximum Gasteiger partial charge on any atom is 0.312 e. The zero-order chi connectivity index (χ0) is 9.00. The van der Waals surface area contributed by atoms with E-state index >= 15 is 0 Å². The second-order valence-corrected chi connectivity index (χ2v) is 4.20. The molecule has 1 N–H and O–H groups in total. The van der Waals surface area contributed by atoms with Gasteiger partial charge >= 0.3 is 5.97 Å². The van der Waals surface area contributed by atoms with Gasteiger partial charge < -0.3 is 9.84 Å². The summed E-state index contributed by atoms with van der Waals surface area (Å²) in [4.78, 5) is 11.4. The molecule has 3 rings (SSSR count). The molecule has 13 heavy (non-hydrogen) atoms. The SMILES string of the molecule is O=C1OC2CCC3C=CC(O)C1C32. The van der Waals surface area contributed by atoms with Gasteiger partial charge in [-0.2, -0.15) is 0 Å². The van der Waals surface area contributed by atoms with Crippen molar-refractivity contribution in [2.75, 3.05) is 0 Å². The fraction of sp³-hybridized carbons (Fsp3) is 0.700. The Balaban J connectivity index is 2.03. The number of rotatable bonds is 0. The average molecular weight is 180 g/mol. The predicted molar refractivity (Wildman–Crippen MR) is 44.7 cm³/mol. The van der Waals surface area contributed by atoms with Crippen molar-refractivity contribution < 1.29 is 14.6 Å². The molecule has 1 aliphatic heterocycles. The number of carbonyl (C=O) groups is 1. The van der Waals surface area contributed by atoms with Crippen LogP contribution in [0, 0.1) is 17.8 Å². The molecular formula is C10H12O3. The zero-order valence-electron chi connectivity index (χ0n) is 7.22. The molecule has 2 fully saturated rings. The molecular weight excluding hydrogens is 168 g/mol. The highest BCUT2D eigenvalue weighted by Gasteiger charge is 2.54. The van der Waals surface area contributed by atoms with Gasteiger partial charge in [-0.25, -0.2) is 0 Å². The van der Waals surface area contributed by atoms with Gasteiger partial charge in [0.05, 0.1) is 12.0 Å². The standard InChI is InChI=1S/C10H12O3/c11-6-3-1-5-2-4-7-8(5)9(6)10(12)13-7/h1,3,5-9,11H,2,4H2. The highest BCUT2D eigenvalue weighted by Crippen LogP contribution is 2.48. The second-order valence-electron chi connectivity index (χ2n) is 4.20. The first-order chi connectivity index (χ1) is 6.27. The first-order valence-electron chi connectivity index (χ1n) is 4.84. The molecule has 0 radical (unpaired) electrons. The van der Waals surface area contributed by atoms with Gasteiger partial charge in [-0.1, -0.05) is 12.2 Å². The molecule has 0 spiro atoms. The lowest BCUT2D eigenvalue weighted by atomic mass is 9.77. The van der Waals surface area contributed by atoms with Crippen LogP contribution in [-0.4, -0.2) is 23.3 Å². The number of carbonyl (C=O) groups excluding carboxylic acids is 1. The van der Waals surface area contributed by atoms with Crippen molar-refractivity contribution in [3.63, 3.8) is 0 Å². The van der Waals surface area contributed by atoms with Gasteiger partial charge in [0, 0.05) is 5.92 Å². The summed E-state index contributed by atoms with van der Waals surface area (Å²) in [6.45, 7) is 0. The van der Waals surface area contributed by atoms with Crippen LogP contribution in [0.5, 0.6) is 0 Å². The first-order valence-corrected chi connectivity index (χ1v) is 4.84. The van der Waals surface area contributed by atoms with E-state index in [4.69, 9.17) is 4.74 Å². The van der Waals surface area contributed by atoms with Crippen LogP contribution in [0.2, 0.25) is 0 Å². The quantitative estimate of drug-likeness (QED) is 0.436. The van der Waals surface area contributed by atoms with Crippen LogP contribution in [-0.2, 0) is 9.53 Å². The van der Waals surface area contributed by atoms with Crippen LogP contribution < -0.4 is 0 Å². The molecule has 0 aromatic carbocycles. The van der Waals surface area contributed by atoms with Gasteiger partial charge in [-0.15, -0.1) is 0 Å². The topological polar surface area (TPSA) is 46.5 Å². The molecule has 0 aromatic rings. The van der Waals surface area contributed by atoms with Gasteiger partial charge in [0.2, 0.25) is 0 Å². The normalized spacial score (nSPS) is 52.1. The van der Waals surface area contributed by atoms with E-state index in [1.807, 2.05) is 6.08 Å². The summed E-state index contributed by atoms with van der Waals surface area (Å²) in [6.07, 6.45) is 5.34. The Labute approximate surface area is 76.4 Å². The Bertz CT molecular complexity index is 284. The third kappa shape index (κ3) is 0.854. The van der Waals surface area contributed by atoms with Crippen molar-refractivity contribution in [3.8, 4) is 0 Å². The molecule has 1 heterocycles. The number of esters is 1. The van der Waals surface area contributed by atoms with Crippen LogP contribution in [0.25, 0.3) is 0 Å². The van der Waals surface area contributed by atoms with E-state index in [9.17, 15) is 9.90 Å². The molecule has 3 aliphatic rings. The van der Waals surface area contributed by atoms with Gasteiger partial charge in [-0.3, -0.25) is 4.79 Å². The van der Waals surface area contributed by atoms with Crippen molar-refractivity contribution >= 4 is 5.97 Å². The van der Waals surface area contributed by atoms with E-state index in [0.29, 0.717) is 5.92 Å². The minimum Gasteiger partial charge on any atom is -0.462 e. The van der Waals surface area contributed by atoms with Crippen molar-refractivity contribution in [3.05, 3.63) is 12.2 Å². The summed E-state index contributed by atoms with van der Waals surface area (Å²) in [7, 11) is 0. The number of ether oxygens (including phenoxy) is 1. The second kappa shape index (κ2) is 2.35. The smallest absolute Gasteiger partial charge is 0.312 e. The summed E-state index contributed by atoms with van der Waals surface area (Å²) in [5.74, 6) is 0.247. The van der Waals surface area contributed by atoms with Gasteiger partial charge in [0.15, 0.2) is 0 Å². The molecule has 0 amide bonds. The molecule has 1 saturated carbocycles. The van der Waals surface area contributed by atoms with Crippen molar-refractivity contribution in [2.24, 2.45) is 17.8 Å². The Morgan fingerprint density at radius 2 is 2.23 bits per heavy atom. The number of hydrogen-bond donors (Lipinski definition) is 1. The minimum atomic E-state index is -0.614. The molecule has 3 nitrogen and oxygen atoms in total. The van der Waals surface area contributed by atoms with Crippen LogP contribution in [0.4, 0.5) is 0 Å². The Kier molecular flexibility index (Phi) is 1.37. The summed E-state index contributed by atoms with van der Waals surface area (Å²) >= 11 is 0. The zero-order valence-corrected chi connectivity index (χ0v) is 7.22. The molecule has 5 unspecified atom stereocenters. The van der Waals surface area contributed by atoms with Crippen LogP contribution in [0.1, 0.15) is 12.8 Å². The van der Waals surface area contributed by atoms with E-state index in [1.54, 1.807) is 6.08 Å². The lowest BCUT2D eigenvalue weighted by Crippen LogP contribution is -2.34.